The first-order valence-corrected chi connectivity index (χ1v) is 11.2. The molecule has 4 aromatic rings. The molecule has 32 heavy (non-hydrogen) atoms. The lowest BCUT2D eigenvalue weighted by Gasteiger charge is -2.21. The third-order valence-electron chi connectivity index (χ3n) is 5.17. The summed E-state index contributed by atoms with van der Waals surface area (Å²) in [5.74, 6) is 2.02. The Bertz CT molecular complexity index is 1390. The topological polar surface area (TPSA) is 73.4 Å². The van der Waals surface area contributed by atoms with Crippen molar-refractivity contribution in [3.8, 4) is 28.4 Å². The molecule has 0 unspecified atom stereocenters. The molecule has 1 aliphatic rings. The summed E-state index contributed by atoms with van der Waals surface area (Å²) < 4.78 is 16.7. The molecule has 0 amide bonds. The van der Waals surface area contributed by atoms with Crippen molar-refractivity contribution in [3.05, 3.63) is 69.1 Å². The van der Waals surface area contributed by atoms with Gasteiger partial charge in [0, 0.05) is 10.4 Å². The van der Waals surface area contributed by atoms with Gasteiger partial charge in [0.25, 0.3) is 5.56 Å². The first-order chi connectivity index (χ1) is 15.5. The highest BCUT2D eigenvalue weighted by molar-refractivity contribution is 7.19. The van der Waals surface area contributed by atoms with Crippen LogP contribution in [0.25, 0.3) is 32.5 Å². The Hall–Kier alpha value is -3.29. The Balaban J connectivity index is 1.58. The van der Waals surface area contributed by atoms with Crippen molar-refractivity contribution >= 4 is 44.3 Å². The highest BCUT2D eigenvalue weighted by atomic mass is 35.5. The van der Waals surface area contributed by atoms with Crippen LogP contribution in [0.15, 0.2) is 47.3 Å². The van der Waals surface area contributed by atoms with Crippen LogP contribution in [-0.2, 0) is 0 Å². The third kappa shape index (κ3) is 3.63. The van der Waals surface area contributed by atoms with Crippen molar-refractivity contribution in [3.63, 3.8) is 0 Å². The second kappa shape index (κ2) is 8.33. The van der Waals surface area contributed by atoms with E-state index in [0.29, 0.717) is 51.5 Å². The van der Waals surface area contributed by atoms with Gasteiger partial charge in [-0.05, 0) is 36.3 Å². The molecule has 0 bridgehead atoms. The van der Waals surface area contributed by atoms with Crippen molar-refractivity contribution in [2.75, 3.05) is 20.3 Å². The van der Waals surface area contributed by atoms with Crippen molar-refractivity contribution in [2.45, 2.75) is 6.92 Å². The molecule has 2 aromatic carbocycles. The number of aryl methyl sites for hydroxylation is 1. The second-order valence-electron chi connectivity index (χ2n) is 7.23. The number of nitrogens with one attached hydrogen (secondary N) is 1. The highest BCUT2D eigenvalue weighted by Crippen LogP contribution is 2.41. The molecule has 6 nitrogen and oxygen atoms in total. The predicted octanol–water partition coefficient (Wildman–Crippen LogP) is 5.48. The number of ether oxygens (including phenoxy) is 3. The Labute approximate surface area is 193 Å². The average Bonchev–Trinajstić information content (AvgIpc) is 3.15. The Morgan fingerprint density at radius 1 is 1.22 bits per heavy atom. The van der Waals surface area contributed by atoms with Gasteiger partial charge in [-0.25, -0.2) is 4.98 Å². The number of nitrogens with zero attached hydrogens (tertiary/aromatic N) is 1. The molecule has 0 spiro atoms. The first kappa shape index (κ1) is 20.6. The van der Waals surface area contributed by atoms with Crippen LogP contribution in [0.5, 0.6) is 17.2 Å². The monoisotopic (exact) mass is 466 g/mol. The summed E-state index contributed by atoms with van der Waals surface area (Å²) in [5, 5.41) is 0.878. The van der Waals surface area contributed by atoms with Crippen LogP contribution in [0.4, 0.5) is 0 Å². The van der Waals surface area contributed by atoms with Crippen molar-refractivity contribution in [1.82, 2.24) is 9.97 Å². The molecule has 1 aliphatic heterocycles. The summed E-state index contributed by atoms with van der Waals surface area (Å²) in [6, 6.07) is 13.5. The Kier molecular flexibility index (Phi) is 5.36. The van der Waals surface area contributed by atoms with Crippen LogP contribution in [0.1, 0.15) is 16.3 Å². The molecular weight excluding hydrogens is 448 g/mol. The lowest BCUT2D eigenvalue weighted by Crippen LogP contribution is -2.16. The van der Waals surface area contributed by atoms with E-state index < -0.39 is 0 Å². The second-order valence-corrected chi connectivity index (χ2v) is 8.84. The lowest BCUT2D eigenvalue weighted by atomic mass is 10.0. The van der Waals surface area contributed by atoms with E-state index in [4.69, 9.17) is 25.8 Å². The maximum atomic E-state index is 13.0. The molecule has 162 valence electrons. The summed E-state index contributed by atoms with van der Waals surface area (Å²) in [6.45, 7) is 2.92. The molecule has 0 fully saturated rings. The lowest BCUT2D eigenvalue weighted by molar-refractivity contribution is 0.165. The smallest absolute Gasteiger partial charge is 0.260 e. The van der Waals surface area contributed by atoms with Crippen LogP contribution in [-0.4, -0.2) is 30.3 Å². The van der Waals surface area contributed by atoms with E-state index in [1.807, 2.05) is 43.3 Å². The zero-order chi connectivity index (χ0) is 22.2. The number of aromatic nitrogens is 2. The van der Waals surface area contributed by atoms with Gasteiger partial charge in [0.15, 0.2) is 17.3 Å². The van der Waals surface area contributed by atoms with E-state index in [0.717, 1.165) is 21.6 Å². The van der Waals surface area contributed by atoms with Crippen molar-refractivity contribution in [2.24, 2.45) is 0 Å². The largest absolute Gasteiger partial charge is 0.493 e. The maximum absolute atomic E-state index is 13.0. The van der Waals surface area contributed by atoms with E-state index in [1.54, 1.807) is 19.3 Å². The van der Waals surface area contributed by atoms with Gasteiger partial charge < -0.3 is 19.2 Å². The molecule has 0 radical (unpaired) electrons. The number of methoxy groups -OCH3 is 1. The van der Waals surface area contributed by atoms with Gasteiger partial charge in [-0.1, -0.05) is 41.9 Å². The number of thiophene rings is 1. The van der Waals surface area contributed by atoms with Gasteiger partial charge in [-0.2, -0.15) is 0 Å². The molecule has 1 N–H and O–H groups in total. The summed E-state index contributed by atoms with van der Waals surface area (Å²) >= 11 is 8.05. The molecule has 0 saturated heterocycles. The molecule has 0 aliphatic carbocycles. The molecular formula is C24H19ClN2O4S. The third-order valence-corrected chi connectivity index (χ3v) is 6.46. The van der Waals surface area contributed by atoms with Crippen LogP contribution in [0.2, 0.25) is 0 Å². The van der Waals surface area contributed by atoms with Crippen LogP contribution in [0.3, 0.4) is 0 Å². The maximum Gasteiger partial charge on any atom is 0.260 e. The van der Waals surface area contributed by atoms with Gasteiger partial charge in [0.05, 0.1) is 17.5 Å². The van der Waals surface area contributed by atoms with Gasteiger partial charge >= 0.3 is 0 Å². The number of aromatic amines is 1. The van der Waals surface area contributed by atoms with Crippen LogP contribution in [0, 0.1) is 6.92 Å². The normalized spacial score (nSPS) is 13.4. The average molecular weight is 467 g/mol. The fraction of sp³-hybridized carbons (Fsp3) is 0.167. The van der Waals surface area contributed by atoms with E-state index in [1.165, 1.54) is 11.3 Å². The minimum atomic E-state index is -0.223. The Morgan fingerprint density at radius 2 is 2.00 bits per heavy atom. The Morgan fingerprint density at radius 3 is 2.78 bits per heavy atom. The molecule has 2 aromatic heterocycles. The number of benzene rings is 2. The van der Waals surface area contributed by atoms with E-state index >= 15 is 0 Å². The van der Waals surface area contributed by atoms with Crippen LogP contribution < -0.4 is 19.8 Å². The summed E-state index contributed by atoms with van der Waals surface area (Å²) in [6.07, 6.45) is 1.71. The van der Waals surface area contributed by atoms with E-state index in [-0.39, 0.29) is 5.56 Å². The zero-order valence-corrected chi connectivity index (χ0v) is 19.0. The minimum absolute atomic E-state index is 0.223. The standard InChI is InChI=1S/C24H19ClN2O4S/c1-13-19(15-6-4-3-5-7-15)20-23(28)26-22(27-24(20)32-13)16(25)10-14-11-17(29-2)21-18(12-14)30-8-9-31-21/h3-7,10-12H,8-9H2,1-2H3,(H,26,27,28)/b16-10-. The summed E-state index contributed by atoms with van der Waals surface area (Å²) in [4.78, 5) is 22.2. The highest BCUT2D eigenvalue weighted by Gasteiger charge is 2.20. The summed E-state index contributed by atoms with van der Waals surface area (Å²) in [5.41, 5.74) is 2.41. The number of H-pyrrole nitrogens is 1. The first-order valence-electron chi connectivity index (χ1n) is 9.99. The summed E-state index contributed by atoms with van der Waals surface area (Å²) in [7, 11) is 1.57. The molecule has 3 heterocycles. The molecule has 0 saturated carbocycles. The molecule has 5 rings (SSSR count). The van der Waals surface area contributed by atoms with Gasteiger partial charge in [-0.3, -0.25) is 4.79 Å². The number of hydrogen-bond donors (Lipinski definition) is 1. The SMILES string of the molecule is COc1cc(/C=C(\Cl)c2nc3sc(C)c(-c4ccccc4)c3c(=O)[nH]2)cc2c1OCCO2. The minimum Gasteiger partial charge on any atom is -0.493 e. The fourth-order valence-electron chi connectivity index (χ4n) is 3.78. The zero-order valence-electron chi connectivity index (χ0n) is 17.4. The predicted molar refractivity (Wildman–Crippen MR) is 128 cm³/mol. The van der Waals surface area contributed by atoms with Gasteiger partial charge in [-0.15, -0.1) is 11.3 Å². The van der Waals surface area contributed by atoms with E-state index in [9.17, 15) is 4.79 Å². The number of halogens is 1. The van der Waals surface area contributed by atoms with Crippen LogP contribution >= 0.6 is 22.9 Å². The van der Waals surface area contributed by atoms with Crippen molar-refractivity contribution < 1.29 is 14.2 Å². The number of fused-ring (bicyclic) bond motifs is 2. The quantitative estimate of drug-likeness (QED) is 0.431. The molecule has 8 heteroatoms. The van der Waals surface area contributed by atoms with E-state index in [2.05, 4.69) is 9.97 Å². The number of rotatable bonds is 4. The van der Waals surface area contributed by atoms with Gasteiger partial charge in [0.1, 0.15) is 18.0 Å². The number of hydrogen-bond acceptors (Lipinski definition) is 6. The van der Waals surface area contributed by atoms with Crippen molar-refractivity contribution in [1.29, 1.82) is 0 Å². The molecule has 0 atom stereocenters. The van der Waals surface area contributed by atoms with Gasteiger partial charge in [0.2, 0.25) is 5.75 Å². The fourth-order valence-corrected chi connectivity index (χ4v) is 5.04.